The SMILES string of the molecule is O=COC(Cl)c1ncncc1[N+](=O)[O-]. The quantitative estimate of drug-likeness (QED) is 0.320. The highest BCUT2D eigenvalue weighted by Gasteiger charge is 2.23. The van der Waals surface area contributed by atoms with Crippen molar-refractivity contribution >= 4 is 23.8 Å². The zero-order chi connectivity index (χ0) is 10.6. The lowest BCUT2D eigenvalue weighted by molar-refractivity contribution is -0.386. The minimum atomic E-state index is -1.28. The number of halogens is 1. The van der Waals surface area contributed by atoms with Gasteiger partial charge in [-0.05, 0) is 0 Å². The first-order chi connectivity index (χ1) is 6.66. The highest BCUT2D eigenvalue weighted by molar-refractivity contribution is 6.20. The van der Waals surface area contributed by atoms with Crippen LogP contribution in [0.1, 0.15) is 11.3 Å². The van der Waals surface area contributed by atoms with Crippen LogP contribution in [-0.2, 0) is 9.53 Å². The van der Waals surface area contributed by atoms with E-state index in [0.29, 0.717) is 0 Å². The zero-order valence-electron chi connectivity index (χ0n) is 6.66. The molecular weight excluding hydrogens is 214 g/mol. The molecule has 1 heterocycles. The Hall–Kier alpha value is -1.76. The minimum absolute atomic E-state index is 0.0868. The van der Waals surface area contributed by atoms with Crippen LogP contribution < -0.4 is 0 Å². The predicted octanol–water partition coefficient (Wildman–Crippen LogP) is 0.795. The van der Waals surface area contributed by atoms with Crippen molar-refractivity contribution in [1.29, 1.82) is 0 Å². The van der Waals surface area contributed by atoms with Gasteiger partial charge >= 0.3 is 5.69 Å². The van der Waals surface area contributed by atoms with Crippen molar-refractivity contribution in [3.8, 4) is 0 Å². The third kappa shape index (κ3) is 2.13. The average molecular weight is 218 g/mol. The Balaban J connectivity index is 3.06. The van der Waals surface area contributed by atoms with Gasteiger partial charge < -0.3 is 4.74 Å². The smallest absolute Gasteiger partial charge is 0.314 e. The monoisotopic (exact) mass is 217 g/mol. The van der Waals surface area contributed by atoms with Crippen molar-refractivity contribution in [3.05, 3.63) is 28.3 Å². The van der Waals surface area contributed by atoms with Crippen LogP contribution in [0.2, 0.25) is 0 Å². The van der Waals surface area contributed by atoms with Gasteiger partial charge in [-0.2, -0.15) is 0 Å². The van der Waals surface area contributed by atoms with Crippen LogP contribution in [0.25, 0.3) is 0 Å². The van der Waals surface area contributed by atoms with E-state index in [-0.39, 0.29) is 12.2 Å². The molecule has 0 saturated carbocycles. The summed E-state index contributed by atoms with van der Waals surface area (Å²) in [6.45, 7) is 0.0868. The molecule has 1 atom stereocenters. The van der Waals surface area contributed by atoms with Crippen molar-refractivity contribution in [3.63, 3.8) is 0 Å². The lowest BCUT2D eigenvalue weighted by Crippen LogP contribution is -2.04. The number of rotatable bonds is 4. The van der Waals surface area contributed by atoms with E-state index in [9.17, 15) is 14.9 Å². The molecule has 8 heteroatoms. The number of aromatic nitrogens is 2. The van der Waals surface area contributed by atoms with Gasteiger partial charge in [-0.25, -0.2) is 9.97 Å². The molecule has 74 valence electrons. The summed E-state index contributed by atoms with van der Waals surface area (Å²) in [5.74, 6) is 0. The van der Waals surface area contributed by atoms with Crippen molar-refractivity contribution in [2.45, 2.75) is 5.56 Å². The molecule has 0 amide bonds. The Labute approximate surface area is 82.8 Å². The zero-order valence-corrected chi connectivity index (χ0v) is 7.42. The van der Waals surface area contributed by atoms with Crippen molar-refractivity contribution < 1.29 is 14.5 Å². The number of carbonyl (C=O) groups excluding carboxylic acids is 1. The minimum Gasteiger partial charge on any atom is -0.442 e. The Bertz CT molecular complexity index is 359. The van der Waals surface area contributed by atoms with Crippen LogP contribution in [0, 0.1) is 10.1 Å². The Kier molecular flexibility index (Phi) is 3.29. The molecule has 14 heavy (non-hydrogen) atoms. The van der Waals surface area contributed by atoms with E-state index in [4.69, 9.17) is 11.6 Å². The molecule has 0 fully saturated rings. The van der Waals surface area contributed by atoms with Crippen LogP contribution in [0.4, 0.5) is 5.69 Å². The third-order valence-corrected chi connectivity index (χ3v) is 1.62. The van der Waals surface area contributed by atoms with Crippen LogP contribution in [0.5, 0.6) is 0 Å². The first-order valence-electron chi connectivity index (χ1n) is 3.34. The second-order valence-corrected chi connectivity index (χ2v) is 2.50. The molecule has 0 saturated heterocycles. The van der Waals surface area contributed by atoms with Crippen LogP contribution >= 0.6 is 11.6 Å². The lowest BCUT2D eigenvalue weighted by atomic mass is 10.3. The fraction of sp³-hybridized carbons (Fsp3) is 0.167. The molecule has 0 aliphatic rings. The maximum absolute atomic E-state index is 10.5. The van der Waals surface area contributed by atoms with Gasteiger partial charge in [0.15, 0.2) is 5.69 Å². The standard InChI is InChI=1S/C6H4ClN3O4/c7-6(14-3-11)5-4(10(12)13)1-8-2-9-5/h1-3,6H. The van der Waals surface area contributed by atoms with E-state index >= 15 is 0 Å². The highest BCUT2D eigenvalue weighted by atomic mass is 35.5. The van der Waals surface area contributed by atoms with Gasteiger partial charge in [0.25, 0.3) is 6.47 Å². The molecule has 0 N–H and O–H groups in total. The normalized spacial score (nSPS) is 11.8. The first kappa shape index (κ1) is 10.3. The Morgan fingerprint density at radius 2 is 2.43 bits per heavy atom. The largest absolute Gasteiger partial charge is 0.442 e. The Morgan fingerprint density at radius 1 is 1.71 bits per heavy atom. The molecule has 0 aliphatic heterocycles. The van der Waals surface area contributed by atoms with E-state index in [0.717, 1.165) is 12.5 Å². The molecule has 1 aromatic rings. The summed E-state index contributed by atoms with van der Waals surface area (Å²) in [6.07, 6.45) is 2.05. The number of nitrogens with zero attached hydrogens (tertiary/aromatic N) is 3. The van der Waals surface area contributed by atoms with Gasteiger partial charge in [0.1, 0.15) is 12.5 Å². The topological polar surface area (TPSA) is 95.2 Å². The van der Waals surface area contributed by atoms with Crippen LogP contribution in [-0.4, -0.2) is 21.4 Å². The third-order valence-electron chi connectivity index (χ3n) is 1.31. The summed E-state index contributed by atoms with van der Waals surface area (Å²) < 4.78 is 4.31. The fourth-order valence-corrected chi connectivity index (χ4v) is 0.971. The maximum atomic E-state index is 10.5. The summed E-state index contributed by atoms with van der Waals surface area (Å²) in [7, 11) is 0. The lowest BCUT2D eigenvalue weighted by Gasteiger charge is -2.05. The van der Waals surface area contributed by atoms with Gasteiger partial charge in [0.2, 0.25) is 5.56 Å². The van der Waals surface area contributed by atoms with E-state index in [1.165, 1.54) is 0 Å². The second-order valence-electron chi connectivity index (χ2n) is 2.10. The highest BCUT2D eigenvalue weighted by Crippen LogP contribution is 2.26. The second kappa shape index (κ2) is 4.47. The molecule has 0 bridgehead atoms. The van der Waals surface area contributed by atoms with Gasteiger partial charge in [-0.15, -0.1) is 0 Å². The van der Waals surface area contributed by atoms with Crippen molar-refractivity contribution in [2.75, 3.05) is 0 Å². The van der Waals surface area contributed by atoms with Gasteiger partial charge in [-0.3, -0.25) is 14.9 Å². The number of carbonyl (C=O) groups is 1. The number of ether oxygens (including phenoxy) is 1. The number of hydrogen-bond acceptors (Lipinski definition) is 6. The Morgan fingerprint density at radius 3 is 3.00 bits per heavy atom. The summed E-state index contributed by atoms with van der Waals surface area (Å²) in [6, 6.07) is 0. The van der Waals surface area contributed by atoms with Crippen LogP contribution in [0.15, 0.2) is 12.5 Å². The molecular formula is C6H4ClN3O4. The molecule has 1 unspecified atom stereocenters. The molecule has 0 aromatic carbocycles. The maximum Gasteiger partial charge on any atom is 0.314 e. The summed E-state index contributed by atoms with van der Waals surface area (Å²) in [5, 5.41) is 10.5. The number of nitro groups is 1. The molecule has 1 aromatic heterocycles. The van der Waals surface area contributed by atoms with Crippen molar-refractivity contribution in [1.82, 2.24) is 9.97 Å². The summed E-state index contributed by atoms with van der Waals surface area (Å²) in [4.78, 5) is 26.7. The van der Waals surface area contributed by atoms with Gasteiger partial charge in [0, 0.05) is 0 Å². The van der Waals surface area contributed by atoms with E-state index in [1.54, 1.807) is 0 Å². The predicted molar refractivity (Wildman–Crippen MR) is 44.4 cm³/mol. The molecule has 1 rings (SSSR count). The van der Waals surface area contributed by atoms with Crippen molar-refractivity contribution in [2.24, 2.45) is 0 Å². The fourth-order valence-electron chi connectivity index (χ4n) is 0.761. The molecule has 0 spiro atoms. The average Bonchev–Trinajstić information content (AvgIpc) is 2.18. The summed E-state index contributed by atoms with van der Waals surface area (Å²) >= 11 is 5.51. The van der Waals surface area contributed by atoms with Crippen LogP contribution in [0.3, 0.4) is 0 Å². The van der Waals surface area contributed by atoms with E-state index in [2.05, 4.69) is 14.7 Å². The summed E-state index contributed by atoms with van der Waals surface area (Å²) in [5.41, 5.74) is -1.83. The van der Waals surface area contributed by atoms with Gasteiger partial charge in [-0.1, -0.05) is 11.6 Å². The van der Waals surface area contributed by atoms with Gasteiger partial charge in [0.05, 0.1) is 4.92 Å². The number of hydrogen-bond donors (Lipinski definition) is 0. The van der Waals surface area contributed by atoms with E-state index < -0.39 is 16.2 Å². The van der Waals surface area contributed by atoms with E-state index in [1.807, 2.05) is 0 Å². The first-order valence-corrected chi connectivity index (χ1v) is 3.78. The number of alkyl halides is 1. The molecule has 0 radical (unpaired) electrons. The molecule has 7 nitrogen and oxygen atoms in total. The molecule has 0 aliphatic carbocycles.